The van der Waals surface area contributed by atoms with E-state index in [-0.39, 0.29) is 18.7 Å². The molecule has 3 N–H and O–H groups in total. The van der Waals surface area contributed by atoms with Gasteiger partial charge in [-0.05, 0) is 0 Å². The Kier molecular flexibility index (Phi) is 1.89. The van der Waals surface area contributed by atoms with Crippen molar-refractivity contribution in [2.75, 3.05) is 0 Å². The average molecular weight is 156 g/mol. The van der Waals surface area contributed by atoms with E-state index >= 15 is 0 Å². The van der Waals surface area contributed by atoms with Crippen molar-refractivity contribution in [3.05, 3.63) is 0 Å². The number of hydrogen-bond donors (Lipinski definition) is 2. The van der Waals surface area contributed by atoms with Crippen molar-refractivity contribution >= 4 is 17.7 Å². The molecule has 0 aromatic carbocycles. The molecule has 0 spiro atoms. The number of imide groups is 1. The molecule has 1 fully saturated rings. The van der Waals surface area contributed by atoms with Crippen LogP contribution < -0.4 is 11.1 Å². The van der Waals surface area contributed by atoms with E-state index in [1.807, 2.05) is 0 Å². The fourth-order valence-electron chi connectivity index (χ4n) is 1.01. The van der Waals surface area contributed by atoms with Gasteiger partial charge >= 0.3 is 0 Å². The summed E-state index contributed by atoms with van der Waals surface area (Å²) in [6, 6.07) is 0. The van der Waals surface area contributed by atoms with E-state index in [9.17, 15) is 14.4 Å². The quantitative estimate of drug-likeness (QED) is 0.478. The molecular weight excluding hydrogens is 148 g/mol. The van der Waals surface area contributed by atoms with Crippen molar-refractivity contribution in [2.24, 2.45) is 11.7 Å². The number of carbonyl (C=O) groups is 3. The van der Waals surface area contributed by atoms with Gasteiger partial charge in [0.2, 0.25) is 17.7 Å². The fraction of sp³-hybridized carbons (Fsp3) is 0.500. The highest BCUT2D eigenvalue weighted by molar-refractivity contribution is 6.04. The Morgan fingerprint density at radius 3 is 2.64 bits per heavy atom. The average Bonchev–Trinajstić information content (AvgIpc) is 2.09. The number of amides is 3. The van der Waals surface area contributed by atoms with E-state index in [4.69, 9.17) is 5.73 Å². The minimum Gasteiger partial charge on any atom is -0.370 e. The third kappa shape index (κ3) is 1.76. The largest absolute Gasteiger partial charge is 0.370 e. The molecule has 1 aliphatic heterocycles. The number of hydrogen-bond acceptors (Lipinski definition) is 3. The van der Waals surface area contributed by atoms with Gasteiger partial charge in [0.25, 0.3) is 0 Å². The summed E-state index contributed by atoms with van der Waals surface area (Å²) in [6.07, 6.45) is 0.0410. The maximum absolute atomic E-state index is 10.8. The van der Waals surface area contributed by atoms with Crippen molar-refractivity contribution in [3.8, 4) is 0 Å². The van der Waals surface area contributed by atoms with Crippen LogP contribution >= 0.6 is 0 Å². The molecule has 1 aliphatic rings. The molecular formula is C6H8N2O3. The zero-order chi connectivity index (χ0) is 8.43. The Labute approximate surface area is 62.9 Å². The topological polar surface area (TPSA) is 89.3 Å². The number of carbonyl (C=O) groups excluding carboxylic acids is 3. The van der Waals surface area contributed by atoms with Crippen molar-refractivity contribution in [1.29, 1.82) is 0 Å². The van der Waals surface area contributed by atoms with Gasteiger partial charge in [-0.15, -0.1) is 0 Å². The molecule has 0 aromatic rings. The molecule has 1 heterocycles. The van der Waals surface area contributed by atoms with Crippen molar-refractivity contribution in [2.45, 2.75) is 12.8 Å². The molecule has 5 heteroatoms. The first-order valence-electron chi connectivity index (χ1n) is 3.21. The molecule has 5 nitrogen and oxygen atoms in total. The molecule has 0 bridgehead atoms. The Balaban J connectivity index is 2.53. The SMILES string of the molecule is NC(=O)CC1CC(=O)NC1=O. The van der Waals surface area contributed by atoms with Gasteiger partial charge in [-0.2, -0.15) is 0 Å². The van der Waals surface area contributed by atoms with Crippen LogP contribution in [0.1, 0.15) is 12.8 Å². The van der Waals surface area contributed by atoms with Crippen molar-refractivity contribution < 1.29 is 14.4 Å². The first-order valence-corrected chi connectivity index (χ1v) is 3.21. The highest BCUT2D eigenvalue weighted by Gasteiger charge is 2.31. The summed E-state index contributed by atoms with van der Waals surface area (Å²) in [7, 11) is 0. The van der Waals surface area contributed by atoms with Crippen LogP contribution in [0.25, 0.3) is 0 Å². The Hall–Kier alpha value is -1.39. The third-order valence-electron chi connectivity index (χ3n) is 1.51. The smallest absolute Gasteiger partial charge is 0.230 e. The van der Waals surface area contributed by atoms with Gasteiger partial charge in [0, 0.05) is 12.8 Å². The van der Waals surface area contributed by atoms with Gasteiger partial charge in [0.05, 0.1) is 5.92 Å². The van der Waals surface area contributed by atoms with Crippen LogP contribution in [0.2, 0.25) is 0 Å². The molecule has 1 atom stereocenters. The number of primary amides is 1. The molecule has 1 unspecified atom stereocenters. The Morgan fingerprint density at radius 2 is 2.27 bits per heavy atom. The lowest BCUT2D eigenvalue weighted by molar-refractivity contribution is -0.128. The van der Waals surface area contributed by atoms with Crippen LogP contribution in [0.4, 0.5) is 0 Å². The molecule has 0 radical (unpaired) electrons. The van der Waals surface area contributed by atoms with Gasteiger partial charge in [-0.3, -0.25) is 19.7 Å². The second-order valence-electron chi connectivity index (χ2n) is 2.48. The van der Waals surface area contributed by atoms with E-state index in [2.05, 4.69) is 5.32 Å². The van der Waals surface area contributed by atoms with E-state index in [1.165, 1.54) is 0 Å². The lowest BCUT2D eigenvalue weighted by atomic mass is 10.0. The van der Waals surface area contributed by atoms with Gasteiger partial charge in [-0.25, -0.2) is 0 Å². The summed E-state index contributed by atoms with van der Waals surface area (Å²) in [6.45, 7) is 0. The monoisotopic (exact) mass is 156 g/mol. The molecule has 3 amide bonds. The predicted molar refractivity (Wildman–Crippen MR) is 35.1 cm³/mol. The van der Waals surface area contributed by atoms with Crippen molar-refractivity contribution in [3.63, 3.8) is 0 Å². The second-order valence-corrected chi connectivity index (χ2v) is 2.48. The summed E-state index contributed by atoms with van der Waals surface area (Å²) in [5.41, 5.74) is 4.85. The maximum Gasteiger partial charge on any atom is 0.230 e. The van der Waals surface area contributed by atoms with Crippen LogP contribution in [-0.2, 0) is 14.4 Å². The first kappa shape index (κ1) is 7.71. The molecule has 60 valence electrons. The van der Waals surface area contributed by atoms with Gasteiger partial charge in [0.1, 0.15) is 0 Å². The second kappa shape index (κ2) is 2.69. The molecule has 0 aromatic heterocycles. The third-order valence-corrected chi connectivity index (χ3v) is 1.51. The number of nitrogens with one attached hydrogen (secondary N) is 1. The van der Waals surface area contributed by atoms with Gasteiger partial charge in [-0.1, -0.05) is 0 Å². The highest BCUT2D eigenvalue weighted by Crippen LogP contribution is 2.13. The van der Waals surface area contributed by atoms with Crippen LogP contribution in [0, 0.1) is 5.92 Å². The summed E-state index contributed by atoms with van der Waals surface area (Å²) in [4.78, 5) is 31.7. The molecule has 1 rings (SSSR count). The zero-order valence-electron chi connectivity index (χ0n) is 5.79. The van der Waals surface area contributed by atoms with Crippen LogP contribution in [0.3, 0.4) is 0 Å². The molecule has 1 saturated heterocycles. The molecule has 0 aliphatic carbocycles. The van der Waals surface area contributed by atoms with Gasteiger partial charge < -0.3 is 5.73 Å². The standard InChI is InChI=1S/C6H8N2O3/c7-4(9)1-3-2-5(10)8-6(3)11/h3H,1-2H2,(H2,7,9)(H,8,10,11). The van der Waals surface area contributed by atoms with Gasteiger partial charge in [0.15, 0.2) is 0 Å². The lowest BCUT2D eigenvalue weighted by Crippen LogP contribution is -2.25. The Bertz CT molecular complexity index is 224. The molecule has 0 saturated carbocycles. The maximum atomic E-state index is 10.8. The Morgan fingerprint density at radius 1 is 1.64 bits per heavy atom. The normalized spacial score (nSPS) is 23.5. The van der Waals surface area contributed by atoms with Crippen LogP contribution in [-0.4, -0.2) is 17.7 Å². The van der Waals surface area contributed by atoms with E-state index in [0.717, 1.165) is 0 Å². The molecule has 11 heavy (non-hydrogen) atoms. The minimum absolute atomic E-state index is 0.0441. The van der Waals surface area contributed by atoms with E-state index in [1.54, 1.807) is 0 Å². The summed E-state index contributed by atoms with van der Waals surface area (Å²) in [5, 5.41) is 2.09. The number of rotatable bonds is 2. The summed E-state index contributed by atoms with van der Waals surface area (Å²) >= 11 is 0. The fourth-order valence-corrected chi connectivity index (χ4v) is 1.01. The highest BCUT2D eigenvalue weighted by atomic mass is 16.2. The lowest BCUT2D eigenvalue weighted by Gasteiger charge is -1.99. The minimum atomic E-state index is -0.556. The van der Waals surface area contributed by atoms with E-state index in [0.29, 0.717) is 0 Å². The van der Waals surface area contributed by atoms with Crippen LogP contribution in [0.5, 0.6) is 0 Å². The van der Waals surface area contributed by atoms with Crippen LogP contribution in [0.15, 0.2) is 0 Å². The van der Waals surface area contributed by atoms with E-state index < -0.39 is 17.7 Å². The predicted octanol–water partition coefficient (Wildman–Crippen LogP) is -1.48. The summed E-state index contributed by atoms with van der Waals surface area (Å²) in [5.74, 6) is -1.82. The zero-order valence-corrected chi connectivity index (χ0v) is 5.79. The number of nitrogens with two attached hydrogens (primary N) is 1. The summed E-state index contributed by atoms with van der Waals surface area (Å²) < 4.78 is 0. The van der Waals surface area contributed by atoms with Crippen molar-refractivity contribution in [1.82, 2.24) is 5.32 Å². The first-order chi connectivity index (χ1) is 5.09.